The van der Waals surface area contributed by atoms with Gasteiger partial charge in [0, 0.05) is 11.1 Å². The van der Waals surface area contributed by atoms with Crippen molar-refractivity contribution in [3.63, 3.8) is 0 Å². The second kappa shape index (κ2) is 8.72. The van der Waals surface area contributed by atoms with Crippen molar-refractivity contribution in [1.82, 2.24) is 9.55 Å². The highest BCUT2D eigenvalue weighted by Crippen LogP contribution is 2.28. The number of benzene rings is 3. The molecule has 0 aliphatic carbocycles. The lowest BCUT2D eigenvalue weighted by molar-refractivity contribution is 0.102. The fourth-order valence-corrected chi connectivity index (χ4v) is 3.74. The monoisotopic (exact) mass is 449 g/mol. The SMILES string of the molecule is COc1ccccc1C(C)n1cnc2cccc(NC(=O)c3ccc(O)c(Cl)c3)c2c1=O. The molecule has 1 unspecified atom stereocenters. The van der Waals surface area contributed by atoms with Gasteiger partial charge in [0.15, 0.2) is 0 Å². The number of anilines is 1. The van der Waals surface area contributed by atoms with Crippen molar-refractivity contribution in [3.8, 4) is 11.5 Å². The third-order valence-electron chi connectivity index (χ3n) is 5.28. The van der Waals surface area contributed by atoms with Crippen LogP contribution in [-0.2, 0) is 0 Å². The number of phenolic OH excluding ortho intramolecular Hbond substituents is 1. The predicted octanol–water partition coefficient (Wildman–Crippen LogP) is 4.63. The topological polar surface area (TPSA) is 93.4 Å². The fourth-order valence-electron chi connectivity index (χ4n) is 3.56. The number of phenols is 1. The number of hydrogen-bond acceptors (Lipinski definition) is 5. The number of para-hydroxylation sites is 1. The van der Waals surface area contributed by atoms with E-state index in [0.717, 1.165) is 5.56 Å². The van der Waals surface area contributed by atoms with Gasteiger partial charge in [0.1, 0.15) is 11.5 Å². The van der Waals surface area contributed by atoms with E-state index in [2.05, 4.69) is 10.3 Å². The minimum Gasteiger partial charge on any atom is -0.506 e. The van der Waals surface area contributed by atoms with E-state index in [1.54, 1.807) is 25.3 Å². The van der Waals surface area contributed by atoms with Crippen LogP contribution in [0.3, 0.4) is 0 Å². The maximum Gasteiger partial charge on any atom is 0.263 e. The van der Waals surface area contributed by atoms with E-state index < -0.39 is 5.91 Å². The summed E-state index contributed by atoms with van der Waals surface area (Å²) in [5.41, 5.74) is 1.57. The van der Waals surface area contributed by atoms with Gasteiger partial charge in [0.2, 0.25) is 0 Å². The fraction of sp³-hybridized carbons (Fsp3) is 0.125. The van der Waals surface area contributed by atoms with Crippen LogP contribution in [-0.4, -0.2) is 27.7 Å². The first kappa shape index (κ1) is 21.4. The van der Waals surface area contributed by atoms with Crippen LogP contribution in [0, 0.1) is 0 Å². The van der Waals surface area contributed by atoms with Crippen LogP contribution in [0.1, 0.15) is 28.9 Å². The Hall–Kier alpha value is -3.84. The molecular formula is C24H20ClN3O4. The van der Waals surface area contributed by atoms with E-state index in [0.29, 0.717) is 17.0 Å². The van der Waals surface area contributed by atoms with Crippen LogP contribution in [0.2, 0.25) is 5.02 Å². The van der Waals surface area contributed by atoms with Gasteiger partial charge in [-0.05, 0) is 43.3 Å². The van der Waals surface area contributed by atoms with Gasteiger partial charge in [-0.2, -0.15) is 0 Å². The summed E-state index contributed by atoms with van der Waals surface area (Å²) >= 11 is 5.92. The number of aromatic hydroxyl groups is 1. The lowest BCUT2D eigenvalue weighted by atomic mass is 10.1. The molecule has 4 rings (SSSR count). The van der Waals surface area contributed by atoms with Crippen LogP contribution in [0.4, 0.5) is 5.69 Å². The van der Waals surface area contributed by atoms with Gasteiger partial charge < -0.3 is 15.2 Å². The van der Waals surface area contributed by atoms with Crippen molar-refractivity contribution in [2.24, 2.45) is 0 Å². The standard InChI is InChI=1S/C24H20ClN3O4/c1-14(16-6-3-4-9-21(16)32-2)28-13-26-18-7-5-8-19(22(18)24(28)31)27-23(30)15-10-11-20(29)17(25)12-15/h3-14,29H,1-2H3,(H,27,30). The molecule has 1 amide bonds. The van der Waals surface area contributed by atoms with E-state index in [1.807, 2.05) is 31.2 Å². The second-order valence-corrected chi connectivity index (χ2v) is 7.60. The van der Waals surface area contributed by atoms with Crippen LogP contribution in [0.25, 0.3) is 10.9 Å². The summed E-state index contributed by atoms with van der Waals surface area (Å²) in [6.07, 6.45) is 1.49. The maximum atomic E-state index is 13.5. The first-order chi connectivity index (χ1) is 15.4. The summed E-state index contributed by atoms with van der Waals surface area (Å²) < 4.78 is 6.94. The summed E-state index contributed by atoms with van der Waals surface area (Å²) in [7, 11) is 1.58. The van der Waals surface area contributed by atoms with E-state index in [9.17, 15) is 14.7 Å². The third kappa shape index (κ3) is 3.90. The molecule has 0 radical (unpaired) electrons. The molecule has 32 heavy (non-hydrogen) atoms. The number of halogens is 1. The number of carbonyl (C=O) groups is 1. The number of ether oxygens (including phenoxy) is 1. The van der Waals surface area contributed by atoms with Crippen molar-refractivity contribution in [1.29, 1.82) is 0 Å². The summed E-state index contributed by atoms with van der Waals surface area (Å²) in [6.45, 7) is 1.88. The average molecular weight is 450 g/mol. The Labute approximate surface area is 188 Å². The summed E-state index contributed by atoms with van der Waals surface area (Å²) in [5, 5.41) is 12.7. The minimum absolute atomic E-state index is 0.0604. The normalized spacial score (nSPS) is 11.8. The number of fused-ring (bicyclic) bond motifs is 1. The maximum absolute atomic E-state index is 13.5. The quantitative estimate of drug-likeness (QED) is 0.463. The van der Waals surface area contributed by atoms with Gasteiger partial charge in [0.25, 0.3) is 11.5 Å². The summed E-state index contributed by atoms with van der Waals surface area (Å²) in [4.78, 5) is 30.6. The average Bonchev–Trinajstić information content (AvgIpc) is 2.80. The highest BCUT2D eigenvalue weighted by molar-refractivity contribution is 6.32. The Kier molecular flexibility index (Phi) is 5.83. The van der Waals surface area contributed by atoms with Crippen molar-refractivity contribution >= 4 is 34.1 Å². The Morgan fingerprint density at radius 3 is 2.69 bits per heavy atom. The van der Waals surface area contributed by atoms with Crippen LogP contribution in [0.15, 0.2) is 71.8 Å². The number of rotatable bonds is 5. The Morgan fingerprint density at radius 1 is 1.16 bits per heavy atom. The molecule has 7 nitrogen and oxygen atoms in total. The number of hydrogen-bond donors (Lipinski definition) is 2. The zero-order valence-electron chi connectivity index (χ0n) is 17.4. The summed E-state index contributed by atoms with van der Waals surface area (Å²) in [5.74, 6) is 0.0792. The second-order valence-electron chi connectivity index (χ2n) is 7.19. The number of aromatic nitrogens is 2. The Balaban J connectivity index is 1.77. The molecule has 3 aromatic carbocycles. The van der Waals surface area contributed by atoms with Crippen LogP contribution < -0.4 is 15.6 Å². The van der Waals surface area contributed by atoms with Crippen molar-refractivity contribution in [3.05, 3.63) is 93.5 Å². The van der Waals surface area contributed by atoms with Gasteiger partial charge in [0.05, 0.1) is 41.1 Å². The molecule has 4 aromatic rings. The van der Waals surface area contributed by atoms with Crippen molar-refractivity contribution < 1.29 is 14.6 Å². The molecule has 0 spiro atoms. The van der Waals surface area contributed by atoms with E-state index in [4.69, 9.17) is 16.3 Å². The first-order valence-corrected chi connectivity index (χ1v) is 10.2. The molecular weight excluding hydrogens is 430 g/mol. The van der Waals surface area contributed by atoms with E-state index in [-0.39, 0.29) is 33.3 Å². The molecule has 0 saturated carbocycles. The first-order valence-electron chi connectivity index (χ1n) is 9.83. The largest absolute Gasteiger partial charge is 0.506 e. The summed E-state index contributed by atoms with van der Waals surface area (Å²) in [6, 6.07) is 16.3. The van der Waals surface area contributed by atoms with Gasteiger partial charge in [-0.25, -0.2) is 4.98 Å². The van der Waals surface area contributed by atoms with Crippen LogP contribution >= 0.6 is 11.6 Å². The molecule has 1 atom stereocenters. The smallest absolute Gasteiger partial charge is 0.263 e. The Bertz CT molecular complexity index is 1380. The van der Waals surface area contributed by atoms with Gasteiger partial charge in [-0.15, -0.1) is 0 Å². The molecule has 1 heterocycles. The lowest BCUT2D eigenvalue weighted by Gasteiger charge is -2.19. The van der Waals surface area contributed by atoms with Crippen molar-refractivity contribution in [2.45, 2.75) is 13.0 Å². The molecule has 162 valence electrons. The molecule has 0 aliphatic heterocycles. The zero-order valence-corrected chi connectivity index (χ0v) is 18.1. The molecule has 0 aliphatic rings. The number of amides is 1. The van der Waals surface area contributed by atoms with Crippen LogP contribution in [0.5, 0.6) is 11.5 Å². The van der Waals surface area contributed by atoms with Crippen molar-refractivity contribution in [2.75, 3.05) is 12.4 Å². The molecule has 2 N–H and O–H groups in total. The minimum atomic E-state index is -0.466. The highest BCUT2D eigenvalue weighted by Gasteiger charge is 2.18. The van der Waals surface area contributed by atoms with E-state index in [1.165, 1.54) is 29.1 Å². The molecule has 0 fully saturated rings. The predicted molar refractivity (Wildman–Crippen MR) is 124 cm³/mol. The number of nitrogens with one attached hydrogen (secondary N) is 1. The highest BCUT2D eigenvalue weighted by atomic mass is 35.5. The van der Waals surface area contributed by atoms with Gasteiger partial charge >= 0.3 is 0 Å². The number of methoxy groups -OCH3 is 1. The molecule has 0 bridgehead atoms. The molecule has 1 aromatic heterocycles. The Morgan fingerprint density at radius 2 is 1.94 bits per heavy atom. The lowest BCUT2D eigenvalue weighted by Crippen LogP contribution is -2.26. The number of carbonyl (C=O) groups excluding carboxylic acids is 1. The third-order valence-corrected chi connectivity index (χ3v) is 5.58. The van der Waals surface area contributed by atoms with Gasteiger partial charge in [-0.1, -0.05) is 35.9 Å². The zero-order chi connectivity index (χ0) is 22.8. The van der Waals surface area contributed by atoms with E-state index >= 15 is 0 Å². The molecule has 8 heteroatoms. The van der Waals surface area contributed by atoms with Gasteiger partial charge in [-0.3, -0.25) is 14.2 Å². The molecule has 0 saturated heterocycles. The number of nitrogens with zero attached hydrogens (tertiary/aromatic N) is 2.